The number of para-hydroxylation sites is 1. The molecule has 2 rings (SSSR count). The van der Waals surface area contributed by atoms with Crippen molar-refractivity contribution >= 4 is 31.1 Å². The average Bonchev–Trinajstić information content (AvgIpc) is 2.83. The van der Waals surface area contributed by atoms with Crippen LogP contribution in [0.15, 0.2) is 60.7 Å². The van der Waals surface area contributed by atoms with Gasteiger partial charge in [0.25, 0.3) is 5.69 Å². The van der Waals surface area contributed by atoms with E-state index in [1.807, 2.05) is 63.3 Å². The zero-order valence-corrected chi connectivity index (χ0v) is 25.8. The van der Waals surface area contributed by atoms with Crippen molar-refractivity contribution in [2.24, 2.45) is 0 Å². The highest BCUT2D eigenvalue weighted by atomic mass is 32.2. The second kappa shape index (κ2) is 13.6. The van der Waals surface area contributed by atoms with Crippen molar-refractivity contribution in [1.82, 2.24) is 4.72 Å². The largest absolute Gasteiger partial charge is 0.491 e. The van der Waals surface area contributed by atoms with Gasteiger partial charge < -0.3 is 9.16 Å². The summed E-state index contributed by atoms with van der Waals surface area (Å²) in [6.07, 6.45) is 5.07. The standard InChI is InChI=1S/C29H44N2O5SSi/c1-28(2,3)37(34)30-26(17-13-12-14-23-18-20-24(21-19-23)31(32)33)27(36-38(7,8)29(4,5)6)22-35-25-15-10-9-11-16-25/h9-12,14-16,18-21,26-27,30H,13,17,22H2,1-8H3/b14-12+/t26-,27-,37+/m1/s1. The molecule has 0 heterocycles. The van der Waals surface area contributed by atoms with Crippen LogP contribution >= 0.6 is 0 Å². The molecule has 0 saturated carbocycles. The average molecular weight is 561 g/mol. The van der Waals surface area contributed by atoms with E-state index in [-0.39, 0.29) is 22.9 Å². The number of benzene rings is 2. The normalized spacial score (nSPS) is 15.3. The molecule has 0 saturated heterocycles. The van der Waals surface area contributed by atoms with Crippen LogP contribution in [0.1, 0.15) is 59.9 Å². The molecule has 2 aromatic rings. The molecule has 1 N–H and O–H groups in total. The molecule has 0 unspecified atom stereocenters. The van der Waals surface area contributed by atoms with Gasteiger partial charge in [-0.25, -0.2) is 8.93 Å². The fraction of sp³-hybridized carbons (Fsp3) is 0.517. The maximum absolute atomic E-state index is 13.2. The van der Waals surface area contributed by atoms with Crippen LogP contribution in [0.3, 0.4) is 0 Å². The number of rotatable bonds is 13. The topological polar surface area (TPSA) is 90.7 Å². The highest BCUT2D eigenvalue weighted by Crippen LogP contribution is 2.38. The Bertz CT molecular complexity index is 1080. The molecule has 0 aromatic heterocycles. The van der Waals surface area contributed by atoms with Gasteiger partial charge in [-0.1, -0.05) is 51.1 Å². The van der Waals surface area contributed by atoms with Crippen LogP contribution in [-0.2, 0) is 15.4 Å². The molecule has 3 atom stereocenters. The molecule has 0 aliphatic carbocycles. The fourth-order valence-electron chi connectivity index (χ4n) is 3.32. The second-order valence-corrected chi connectivity index (χ2v) is 18.7. The first-order chi connectivity index (χ1) is 17.6. The number of hydrogen-bond acceptors (Lipinski definition) is 5. The first-order valence-corrected chi connectivity index (χ1v) is 17.1. The highest BCUT2D eigenvalue weighted by Gasteiger charge is 2.41. The van der Waals surface area contributed by atoms with E-state index in [0.717, 1.165) is 11.3 Å². The number of nitrogens with one attached hydrogen (secondary N) is 1. The minimum Gasteiger partial charge on any atom is -0.491 e. The van der Waals surface area contributed by atoms with Crippen molar-refractivity contribution in [2.45, 2.75) is 89.4 Å². The van der Waals surface area contributed by atoms with Gasteiger partial charge in [0.15, 0.2) is 8.32 Å². The summed E-state index contributed by atoms with van der Waals surface area (Å²) < 4.78 is 29.2. The molecule has 0 amide bonds. The Morgan fingerprint density at radius 2 is 1.63 bits per heavy atom. The van der Waals surface area contributed by atoms with Crippen molar-refractivity contribution < 1.29 is 18.3 Å². The number of hydrogen-bond donors (Lipinski definition) is 1. The summed E-state index contributed by atoms with van der Waals surface area (Å²) in [5.74, 6) is 0.769. The molecular formula is C29H44N2O5SSi. The molecule has 210 valence electrons. The van der Waals surface area contributed by atoms with E-state index in [1.165, 1.54) is 12.1 Å². The SMILES string of the molecule is CC(C)(C)[S@](=O)N[C@H](CC/C=C/c1ccc([N+](=O)[O-])cc1)[C@@H](COc1ccccc1)O[Si](C)(C)C(C)(C)C. The van der Waals surface area contributed by atoms with Gasteiger partial charge in [-0.3, -0.25) is 10.1 Å². The van der Waals surface area contributed by atoms with Gasteiger partial charge in [-0.15, -0.1) is 0 Å². The number of allylic oxidation sites excluding steroid dienone is 1. The maximum Gasteiger partial charge on any atom is 0.269 e. The fourth-order valence-corrected chi connectivity index (χ4v) is 5.56. The molecule has 0 fully saturated rings. The van der Waals surface area contributed by atoms with Gasteiger partial charge >= 0.3 is 0 Å². The van der Waals surface area contributed by atoms with Gasteiger partial charge in [-0.05, 0) is 81.6 Å². The zero-order chi connectivity index (χ0) is 28.6. The molecule has 38 heavy (non-hydrogen) atoms. The van der Waals surface area contributed by atoms with Gasteiger partial charge in [0.05, 0.1) is 26.8 Å². The van der Waals surface area contributed by atoms with E-state index in [2.05, 4.69) is 38.6 Å². The van der Waals surface area contributed by atoms with E-state index in [9.17, 15) is 14.3 Å². The molecule has 9 heteroatoms. The summed E-state index contributed by atoms with van der Waals surface area (Å²) in [6, 6.07) is 15.9. The Hall–Kier alpha value is -2.33. The first kappa shape index (κ1) is 31.9. The summed E-state index contributed by atoms with van der Waals surface area (Å²) in [7, 11) is -3.46. The Kier molecular flexibility index (Phi) is 11.4. The molecule has 7 nitrogen and oxygen atoms in total. The Morgan fingerprint density at radius 1 is 1.03 bits per heavy atom. The third-order valence-electron chi connectivity index (χ3n) is 6.73. The van der Waals surface area contributed by atoms with Gasteiger partial charge in [0.2, 0.25) is 0 Å². The van der Waals surface area contributed by atoms with Crippen molar-refractivity contribution in [1.29, 1.82) is 0 Å². The van der Waals surface area contributed by atoms with Crippen LogP contribution in [0.4, 0.5) is 5.69 Å². The van der Waals surface area contributed by atoms with E-state index in [1.54, 1.807) is 12.1 Å². The molecule has 0 spiro atoms. The van der Waals surface area contributed by atoms with Crippen LogP contribution < -0.4 is 9.46 Å². The maximum atomic E-state index is 13.2. The van der Waals surface area contributed by atoms with Crippen LogP contribution in [0.2, 0.25) is 18.1 Å². The molecule has 2 aromatic carbocycles. The van der Waals surface area contributed by atoms with E-state index in [0.29, 0.717) is 19.4 Å². The Labute approximate surface area is 231 Å². The summed E-state index contributed by atoms with van der Waals surface area (Å²) in [5.41, 5.74) is 0.958. The van der Waals surface area contributed by atoms with Crippen LogP contribution in [0, 0.1) is 10.1 Å². The van der Waals surface area contributed by atoms with Gasteiger partial charge in [-0.2, -0.15) is 0 Å². The molecule has 0 aliphatic rings. The number of non-ortho nitro benzene ring substituents is 1. The monoisotopic (exact) mass is 560 g/mol. The number of nitro groups is 1. The summed E-state index contributed by atoms with van der Waals surface area (Å²) >= 11 is 0. The summed E-state index contributed by atoms with van der Waals surface area (Å²) in [6.45, 7) is 17.2. The minimum absolute atomic E-state index is 0.00154. The molecule has 0 radical (unpaired) electrons. The lowest BCUT2D eigenvalue weighted by Crippen LogP contribution is -2.54. The summed E-state index contributed by atoms with van der Waals surface area (Å²) in [5, 5.41) is 10.9. The number of nitro benzene ring substituents is 1. The van der Waals surface area contributed by atoms with E-state index in [4.69, 9.17) is 9.16 Å². The van der Waals surface area contributed by atoms with Crippen LogP contribution in [0.25, 0.3) is 6.08 Å². The Balaban J connectivity index is 2.26. The minimum atomic E-state index is -2.17. The van der Waals surface area contributed by atoms with E-state index >= 15 is 0 Å². The quantitative estimate of drug-likeness (QED) is 0.158. The number of ether oxygens (including phenoxy) is 1. The predicted molar refractivity (Wildman–Crippen MR) is 160 cm³/mol. The van der Waals surface area contributed by atoms with E-state index < -0.39 is 29.0 Å². The zero-order valence-electron chi connectivity index (χ0n) is 24.0. The van der Waals surface area contributed by atoms with Crippen LogP contribution in [-0.4, -0.2) is 40.9 Å². The van der Waals surface area contributed by atoms with Crippen LogP contribution in [0.5, 0.6) is 5.75 Å². The lowest BCUT2D eigenvalue weighted by Gasteiger charge is -2.41. The van der Waals surface area contributed by atoms with Crippen molar-refractivity contribution in [3.05, 3.63) is 76.4 Å². The predicted octanol–water partition coefficient (Wildman–Crippen LogP) is 7.28. The third-order valence-corrected chi connectivity index (χ3v) is 12.9. The lowest BCUT2D eigenvalue weighted by atomic mass is 10.1. The molecular weight excluding hydrogens is 516 g/mol. The van der Waals surface area contributed by atoms with Crippen molar-refractivity contribution in [2.75, 3.05) is 6.61 Å². The van der Waals surface area contributed by atoms with Crippen molar-refractivity contribution in [3.8, 4) is 5.75 Å². The van der Waals surface area contributed by atoms with Crippen molar-refractivity contribution in [3.63, 3.8) is 0 Å². The summed E-state index contributed by atoms with van der Waals surface area (Å²) in [4.78, 5) is 10.5. The molecule has 0 aliphatic heterocycles. The number of nitrogens with zero attached hydrogens (tertiary/aromatic N) is 1. The third kappa shape index (κ3) is 10.1. The van der Waals surface area contributed by atoms with Gasteiger partial charge in [0, 0.05) is 18.2 Å². The second-order valence-electron chi connectivity index (χ2n) is 12.0. The lowest BCUT2D eigenvalue weighted by molar-refractivity contribution is -0.384. The van der Waals surface area contributed by atoms with Gasteiger partial charge in [0.1, 0.15) is 12.4 Å². The highest BCUT2D eigenvalue weighted by molar-refractivity contribution is 7.84. The first-order valence-electron chi connectivity index (χ1n) is 13.0. The molecule has 0 bridgehead atoms. The Morgan fingerprint density at radius 3 is 2.16 bits per heavy atom. The smallest absolute Gasteiger partial charge is 0.269 e.